The Bertz CT molecular complexity index is 1190. The van der Waals surface area contributed by atoms with Crippen LogP contribution in [0.15, 0.2) is 24.3 Å². The van der Waals surface area contributed by atoms with E-state index in [2.05, 4.69) is 25.7 Å². The van der Waals surface area contributed by atoms with Crippen LogP contribution in [-0.2, 0) is 39.8 Å². The average molecular weight is 582 g/mol. The van der Waals surface area contributed by atoms with Gasteiger partial charge >= 0.3 is 5.97 Å². The van der Waals surface area contributed by atoms with E-state index in [4.69, 9.17) is 23.7 Å². The molecule has 1 amide bonds. The van der Waals surface area contributed by atoms with E-state index < -0.39 is 73.3 Å². The number of ether oxygens (including phenoxy) is 5. The first-order valence-electron chi connectivity index (χ1n) is 12.4. The van der Waals surface area contributed by atoms with Gasteiger partial charge in [0.05, 0.1) is 6.54 Å². The van der Waals surface area contributed by atoms with Crippen LogP contribution in [0.3, 0.4) is 0 Å². The molecule has 2 saturated heterocycles. The predicted molar refractivity (Wildman–Crippen MR) is 131 cm³/mol. The standard InChI is InChI=1S/C24H31N5O12/c1-9-4-6-10(7-5-9)20-28-26-11(27-29-20)8-25-21(34)18-17(13(31)14(32)23(38-3)40-18)39-24-15(33)12(30)16(37-2)19(41-24)22(35)36/h4-7,12-19,23-24,30-33H,8H2,1-3H3,(H,25,34)(H,35,36). The van der Waals surface area contributed by atoms with E-state index in [9.17, 15) is 35.1 Å². The lowest BCUT2D eigenvalue weighted by Gasteiger charge is -2.45. The molecule has 2 aromatic rings. The number of methoxy groups -OCH3 is 2. The Hall–Kier alpha value is -3.26. The molecule has 4 rings (SSSR count). The fraction of sp³-hybridized carbons (Fsp3) is 0.583. The number of benzene rings is 1. The average Bonchev–Trinajstić information content (AvgIpc) is 2.97. The smallest absolute Gasteiger partial charge is 0.335 e. The number of nitrogens with one attached hydrogen (secondary N) is 1. The molecule has 0 bridgehead atoms. The maximum Gasteiger partial charge on any atom is 0.335 e. The third-order valence-corrected chi connectivity index (χ3v) is 6.64. The van der Waals surface area contributed by atoms with Crippen molar-refractivity contribution in [1.29, 1.82) is 0 Å². The molecule has 10 atom stereocenters. The Labute approximate surface area is 233 Å². The Balaban J connectivity index is 1.48. The highest BCUT2D eigenvalue weighted by Crippen LogP contribution is 2.30. The molecule has 10 unspecified atom stereocenters. The van der Waals surface area contributed by atoms with Gasteiger partial charge in [-0.15, -0.1) is 20.4 Å². The molecule has 0 aliphatic carbocycles. The summed E-state index contributed by atoms with van der Waals surface area (Å²) in [6, 6.07) is 7.37. The lowest BCUT2D eigenvalue weighted by atomic mass is 9.96. The number of aromatic nitrogens is 4. The highest BCUT2D eigenvalue weighted by Gasteiger charge is 2.54. The summed E-state index contributed by atoms with van der Waals surface area (Å²) in [7, 11) is 2.29. The number of carboxylic acids is 1. The van der Waals surface area contributed by atoms with Crippen LogP contribution in [0.2, 0.25) is 0 Å². The first-order valence-corrected chi connectivity index (χ1v) is 12.4. The van der Waals surface area contributed by atoms with Gasteiger partial charge in [-0.2, -0.15) is 0 Å². The molecule has 1 aromatic heterocycles. The van der Waals surface area contributed by atoms with Gasteiger partial charge < -0.3 is 54.5 Å². The van der Waals surface area contributed by atoms with Gasteiger partial charge in [0.25, 0.3) is 5.91 Å². The molecule has 224 valence electrons. The molecule has 1 aromatic carbocycles. The maximum absolute atomic E-state index is 13.1. The number of hydrogen-bond donors (Lipinski definition) is 6. The number of hydrogen-bond acceptors (Lipinski definition) is 15. The second-order valence-corrected chi connectivity index (χ2v) is 9.41. The second-order valence-electron chi connectivity index (χ2n) is 9.41. The summed E-state index contributed by atoms with van der Waals surface area (Å²) in [5.74, 6) is -2.10. The zero-order valence-corrected chi connectivity index (χ0v) is 22.2. The van der Waals surface area contributed by atoms with Gasteiger partial charge in [0.2, 0.25) is 5.82 Å². The van der Waals surface area contributed by atoms with Crippen molar-refractivity contribution in [3.8, 4) is 11.4 Å². The summed E-state index contributed by atoms with van der Waals surface area (Å²) in [6.07, 6.45) is -17.1. The van der Waals surface area contributed by atoms with E-state index in [1.54, 1.807) is 0 Å². The minimum atomic E-state index is -1.87. The van der Waals surface area contributed by atoms with Gasteiger partial charge in [-0.25, -0.2) is 4.79 Å². The van der Waals surface area contributed by atoms with E-state index in [-0.39, 0.29) is 18.2 Å². The molecule has 6 N–H and O–H groups in total. The van der Waals surface area contributed by atoms with E-state index in [1.807, 2.05) is 31.2 Å². The van der Waals surface area contributed by atoms with E-state index in [1.165, 1.54) is 7.11 Å². The largest absolute Gasteiger partial charge is 0.479 e. The first kappa shape index (κ1) is 30.7. The fourth-order valence-corrected chi connectivity index (χ4v) is 4.37. The van der Waals surface area contributed by atoms with Crippen molar-refractivity contribution in [1.82, 2.24) is 25.7 Å². The van der Waals surface area contributed by atoms with Crippen molar-refractivity contribution >= 4 is 11.9 Å². The Morgan fingerprint density at radius 1 is 0.829 bits per heavy atom. The maximum atomic E-state index is 13.1. The number of aliphatic carboxylic acids is 1. The number of aliphatic hydroxyl groups excluding tert-OH is 4. The van der Waals surface area contributed by atoms with Crippen molar-refractivity contribution in [2.45, 2.75) is 74.9 Å². The van der Waals surface area contributed by atoms with Crippen LogP contribution in [0.25, 0.3) is 11.4 Å². The summed E-state index contributed by atoms with van der Waals surface area (Å²) in [4.78, 5) is 24.8. The number of carbonyl (C=O) groups is 2. The van der Waals surface area contributed by atoms with Crippen LogP contribution in [-0.4, -0.2) is 133 Å². The highest BCUT2D eigenvalue weighted by molar-refractivity contribution is 5.81. The number of carbonyl (C=O) groups excluding carboxylic acids is 1. The zero-order valence-electron chi connectivity index (χ0n) is 22.2. The number of aliphatic hydroxyl groups is 4. The zero-order chi connectivity index (χ0) is 29.8. The summed E-state index contributed by atoms with van der Waals surface area (Å²) in [5.41, 5.74) is 1.75. The van der Waals surface area contributed by atoms with Crippen LogP contribution in [0.1, 0.15) is 11.4 Å². The summed E-state index contributed by atoms with van der Waals surface area (Å²) in [6.45, 7) is 1.66. The van der Waals surface area contributed by atoms with Crippen LogP contribution in [0.4, 0.5) is 0 Å². The lowest BCUT2D eigenvalue weighted by molar-refractivity contribution is -0.348. The minimum Gasteiger partial charge on any atom is -0.479 e. The highest BCUT2D eigenvalue weighted by atomic mass is 16.7. The molecular formula is C24H31N5O12. The molecule has 0 radical (unpaired) electrons. The van der Waals surface area contributed by atoms with Crippen molar-refractivity contribution in [2.75, 3.05) is 14.2 Å². The Morgan fingerprint density at radius 2 is 1.41 bits per heavy atom. The van der Waals surface area contributed by atoms with E-state index in [0.29, 0.717) is 5.56 Å². The third-order valence-electron chi connectivity index (χ3n) is 6.64. The molecule has 41 heavy (non-hydrogen) atoms. The number of nitrogens with zero attached hydrogens (tertiary/aromatic N) is 4. The molecule has 0 saturated carbocycles. The van der Waals surface area contributed by atoms with Gasteiger partial charge in [0, 0.05) is 19.8 Å². The normalized spacial score (nSPS) is 33.7. The van der Waals surface area contributed by atoms with Gasteiger partial charge in [-0.3, -0.25) is 4.79 Å². The van der Waals surface area contributed by atoms with Crippen LogP contribution < -0.4 is 5.32 Å². The molecule has 2 aliphatic heterocycles. The number of carboxylic acid groups (broad SMARTS) is 1. The van der Waals surface area contributed by atoms with E-state index >= 15 is 0 Å². The summed E-state index contributed by atoms with van der Waals surface area (Å²) in [5, 5.41) is 69.9. The number of rotatable bonds is 9. The van der Waals surface area contributed by atoms with Gasteiger partial charge in [0.1, 0.15) is 36.6 Å². The SMILES string of the molecule is COC1OC(C(=O)NCc2nnc(-c3ccc(C)cc3)nn2)C(OC2OC(C(=O)O)C(OC)C(O)C2O)C(O)C1O. The van der Waals surface area contributed by atoms with Crippen molar-refractivity contribution < 1.29 is 58.8 Å². The molecule has 3 heterocycles. The van der Waals surface area contributed by atoms with Crippen LogP contribution in [0.5, 0.6) is 0 Å². The van der Waals surface area contributed by atoms with Gasteiger partial charge in [0.15, 0.2) is 30.6 Å². The molecule has 2 fully saturated rings. The van der Waals surface area contributed by atoms with Gasteiger partial charge in [-0.05, 0) is 6.92 Å². The lowest BCUT2D eigenvalue weighted by Crippen LogP contribution is -2.66. The van der Waals surface area contributed by atoms with E-state index in [0.717, 1.165) is 12.7 Å². The third kappa shape index (κ3) is 6.64. The summed E-state index contributed by atoms with van der Waals surface area (Å²) >= 11 is 0. The molecule has 17 nitrogen and oxygen atoms in total. The van der Waals surface area contributed by atoms with Crippen molar-refractivity contribution in [3.63, 3.8) is 0 Å². The summed E-state index contributed by atoms with van der Waals surface area (Å²) < 4.78 is 26.3. The Morgan fingerprint density at radius 3 is 2.00 bits per heavy atom. The van der Waals surface area contributed by atoms with Crippen molar-refractivity contribution in [3.05, 3.63) is 35.7 Å². The van der Waals surface area contributed by atoms with Crippen LogP contribution >= 0.6 is 0 Å². The van der Waals surface area contributed by atoms with Crippen LogP contribution in [0, 0.1) is 6.92 Å². The molecule has 2 aliphatic rings. The quantitative estimate of drug-likeness (QED) is 0.171. The topological polar surface area (TPSA) is 245 Å². The minimum absolute atomic E-state index is 0.0374. The molecular weight excluding hydrogens is 550 g/mol. The van der Waals surface area contributed by atoms with Crippen molar-refractivity contribution in [2.24, 2.45) is 0 Å². The molecule has 0 spiro atoms. The predicted octanol–water partition coefficient (Wildman–Crippen LogP) is -3.12. The second kappa shape index (κ2) is 13.1. The first-order chi connectivity index (χ1) is 19.5. The monoisotopic (exact) mass is 581 g/mol. The Kier molecular flexibility index (Phi) is 9.84. The number of amides is 1. The fourth-order valence-electron chi connectivity index (χ4n) is 4.37. The molecule has 17 heteroatoms. The van der Waals surface area contributed by atoms with Gasteiger partial charge in [-0.1, -0.05) is 29.8 Å². The number of aryl methyl sites for hydroxylation is 1.